The Balaban J connectivity index is 3.35. The quantitative estimate of drug-likeness (QED) is 0.372. The van der Waals surface area contributed by atoms with E-state index in [0.717, 1.165) is 0 Å². The Morgan fingerprint density at radius 1 is 2.00 bits per heavy atom. The van der Waals surface area contributed by atoms with Crippen LogP contribution < -0.4 is 11.1 Å². The molecule has 2 heteroatoms. The van der Waals surface area contributed by atoms with Gasteiger partial charge in [-0.3, -0.25) is 0 Å². The summed E-state index contributed by atoms with van der Waals surface area (Å²) >= 11 is 0. The minimum Gasteiger partial charge on any atom is -0.312 e. The summed E-state index contributed by atoms with van der Waals surface area (Å²) in [6, 6.07) is 0. The first-order valence-corrected chi connectivity index (χ1v) is 2.10. The van der Waals surface area contributed by atoms with Crippen molar-refractivity contribution < 1.29 is 0 Å². The average molecular weight is 98.1 g/mol. The third kappa shape index (κ3) is 3.27. The van der Waals surface area contributed by atoms with Gasteiger partial charge in [-0.05, 0) is 13.1 Å². The molecule has 0 fully saturated rings. The molecule has 0 rings (SSSR count). The van der Waals surface area contributed by atoms with Crippen molar-refractivity contribution in [1.29, 1.82) is 0 Å². The summed E-state index contributed by atoms with van der Waals surface area (Å²) in [6.07, 6.45) is 1.55. The van der Waals surface area contributed by atoms with Crippen LogP contribution in [0.2, 0.25) is 0 Å². The van der Waals surface area contributed by atoms with Crippen molar-refractivity contribution in [3.8, 4) is 0 Å². The van der Waals surface area contributed by atoms with Crippen LogP contribution in [0, 0.1) is 0 Å². The molecular weight excluding hydrogens is 88.1 g/mol. The van der Waals surface area contributed by atoms with Crippen LogP contribution in [0.15, 0.2) is 18.4 Å². The lowest BCUT2D eigenvalue weighted by Crippen LogP contribution is -2.31. The van der Waals surface area contributed by atoms with E-state index >= 15 is 0 Å². The van der Waals surface area contributed by atoms with Crippen molar-refractivity contribution in [2.24, 2.45) is 5.73 Å². The minimum absolute atomic E-state index is 0.0995. The molecule has 0 radical (unpaired) electrons. The maximum Gasteiger partial charge on any atom is 0.0811 e. The third-order valence-electron chi connectivity index (χ3n) is 0.631. The second-order valence-electron chi connectivity index (χ2n) is 1.19. The summed E-state index contributed by atoms with van der Waals surface area (Å²) in [4.78, 5) is 0. The first-order chi connectivity index (χ1) is 3.31. The fourth-order valence-corrected chi connectivity index (χ4v) is 0.210. The van der Waals surface area contributed by atoms with Gasteiger partial charge in [-0.15, -0.1) is 5.73 Å². The molecule has 40 valence electrons. The molecule has 0 heterocycles. The van der Waals surface area contributed by atoms with Gasteiger partial charge in [0.05, 0.1) is 6.17 Å². The Kier molecular flexibility index (Phi) is 3.33. The van der Waals surface area contributed by atoms with E-state index in [-0.39, 0.29) is 6.17 Å². The Labute approximate surface area is 43.7 Å². The first-order valence-electron chi connectivity index (χ1n) is 2.10. The van der Waals surface area contributed by atoms with E-state index in [1.54, 1.807) is 13.1 Å². The molecule has 1 unspecified atom stereocenters. The monoisotopic (exact) mass is 98.1 g/mol. The van der Waals surface area contributed by atoms with E-state index in [1.165, 1.54) is 0 Å². The van der Waals surface area contributed by atoms with Gasteiger partial charge in [-0.2, -0.15) is 0 Å². The highest BCUT2D eigenvalue weighted by Crippen LogP contribution is 1.66. The third-order valence-corrected chi connectivity index (χ3v) is 0.631. The van der Waals surface area contributed by atoms with E-state index in [2.05, 4.69) is 17.6 Å². The topological polar surface area (TPSA) is 38.0 Å². The van der Waals surface area contributed by atoms with Gasteiger partial charge in [0.15, 0.2) is 0 Å². The highest BCUT2D eigenvalue weighted by atomic mass is 15.0. The van der Waals surface area contributed by atoms with E-state index < -0.39 is 0 Å². The number of rotatable bonds is 2. The Hall–Kier alpha value is -0.560. The Morgan fingerprint density at radius 3 is 2.71 bits per heavy atom. The van der Waals surface area contributed by atoms with Crippen LogP contribution in [0.3, 0.4) is 0 Å². The Bertz CT molecular complexity index is 82.1. The molecule has 7 heavy (non-hydrogen) atoms. The Morgan fingerprint density at radius 2 is 2.57 bits per heavy atom. The number of likely N-dealkylation sites (N-methyl/N-ethyl adjacent to an activating group) is 1. The molecule has 0 saturated carbocycles. The molecule has 0 aromatic heterocycles. The number of hydrogen-bond donors (Lipinski definition) is 2. The lowest BCUT2D eigenvalue weighted by Gasteiger charge is -1.98. The maximum absolute atomic E-state index is 5.31. The zero-order valence-corrected chi connectivity index (χ0v) is 4.44. The molecule has 0 bridgehead atoms. The predicted octanol–water partition coefficient (Wildman–Crippen LogP) is -0.168. The zero-order valence-electron chi connectivity index (χ0n) is 4.44. The van der Waals surface area contributed by atoms with Gasteiger partial charge in [-0.25, -0.2) is 0 Å². The van der Waals surface area contributed by atoms with Crippen molar-refractivity contribution in [1.82, 2.24) is 5.32 Å². The van der Waals surface area contributed by atoms with E-state index in [0.29, 0.717) is 0 Å². The molecule has 3 N–H and O–H groups in total. The van der Waals surface area contributed by atoms with E-state index in [1.807, 2.05) is 0 Å². The van der Waals surface area contributed by atoms with Gasteiger partial charge in [0.1, 0.15) is 0 Å². The van der Waals surface area contributed by atoms with Gasteiger partial charge in [0, 0.05) is 0 Å². The summed E-state index contributed by atoms with van der Waals surface area (Å²) in [5.74, 6) is 0. The molecule has 0 aromatic rings. The molecule has 0 aliphatic carbocycles. The van der Waals surface area contributed by atoms with Crippen molar-refractivity contribution in [2.75, 3.05) is 7.05 Å². The minimum atomic E-state index is -0.0995. The van der Waals surface area contributed by atoms with E-state index in [9.17, 15) is 0 Å². The SMILES string of the molecule is C=C=CC(N)NC. The van der Waals surface area contributed by atoms with Gasteiger partial charge in [0.2, 0.25) is 0 Å². The van der Waals surface area contributed by atoms with Crippen LogP contribution in [0.1, 0.15) is 0 Å². The van der Waals surface area contributed by atoms with Crippen LogP contribution in [0.4, 0.5) is 0 Å². The smallest absolute Gasteiger partial charge is 0.0811 e. The fraction of sp³-hybridized carbons (Fsp3) is 0.400. The van der Waals surface area contributed by atoms with Crippen LogP contribution in [0.5, 0.6) is 0 Å². The second-order valence-corrected chi connectivity index (χ2v) is 1.19. The summed E-state index contributed by atoms with van der Waals surface area (Å²) in [7, 11) is 1.78. The van der Waals surface area contributed by atoms with Crippen molar-refractivity contribution >= 4 is 0 Å². The van der Waals surface area contributed by atoms with Crippen LogP contribution in [-0.2, 0) is 0 Å². The van der Waals surface area contributed by atoms with Gasteiger partial charge in [0.25, 0.3) is 0 Å². The lowest BCUT2D eigenvalue weighted by atomic mass is 10.5. The zero-order chi connectivity index (χ0) is 5.70. The normalized spacial score (nSPS) is 12.3. The lowest BCUT2D eigenvalue weighted by molar-refractivity contribution is 0.699. The van der Waals surface area contributed by atoms with Crippen LogP contribution in [0.25, 0.3) is 0 Å². The largest absolute Gasteiger partial charge is 0.312 e. The maximum atomic E-state index is 5.31. The fourth-order valence-electron chi connectivity index (χ4n) is 0.210. The molecule has 0 aliphatic heterocycles. The summed E-state index contributed by atoms with van der Waals surface area (Å²) in [5, 5.41) is 2.79. The molecule has 0 aromatic carbocycles. The molecule has 0 saturated heterocycles. The predicted molar refractivity (Wildman–Crippen MR) is 30.7 cm³/mol. The molecule has 0 aliphatic rings. The van der Waals surface area contributed by atoms with Crippen molar-refractivity contribution in [3.05, 3.63) is 18.4 Å². The second kappa shape index (κ2) is 3.62. The molecule has 0 spiro atoms. The molecule has 2 nitrogen and oxygen atoms in total. The summed E-state index contributed by atoms with van der Waals surface area (Å²) in [6.45, 7) is 3.35. The highest BCUT2D eigenvalue weighted by molar-refractivity contribution is 4.84. The standard InChI is InChI=1S/C5H10N2/c1-3-4-5(6)7-2/h4-5,7H,1,6H2,2H3. The molecule has 1 atom stereocenters. The van der Waals surface area contributed by atoms with Gasteiger partial charge in [-0.1, -0.05) is 6.58 Å². The average Bonchev–Trinajstić information content (AvgIpc) is 1.68. The van der Waals surface area contributed by atoms with Crippen molar-refractivity contribution in [3.63, 3.8) is 0 Å². The number of nitrogens with one attached hydrogen (secondary N) is 1. The van der Waals surface area contributed by atoms with Gasteiger partial charge >= 0.3 is 0 Å². The highest BCUT2D eigenvalue weighted by Gasteiger charge is 1.83. The summed E-state index contributed by atoms with van der Waals surface area (Å²) < 4.78 is 0. The van der Waals surface area contributed by atoms with Crippen LogP contribution in [-0.4, -0.2) is 13.2 Å². The summed E-state index contributed by atoms with van der Waals surface area (Å²) in [5.41, 5.74) is 7.87. The van der Waals surface area contributed by atoms with Crippen molar-refractivity contribution in [2.45, 2.75) is 6.17 Å². The van der Waals surface area contributed by atoms with Crippen LogP contribution >= 0.6 is 0 Å². The van der Waals surface area contributed by atoms with E-state index in [4.69, 9.17) is 5.73 Å². The number of hydrogen-bond acceptors (Lipinski definition) is 2. The molecular formula is C5H10N2. The first kappa shape index (κ1) is 6.44. The van der Waals surface area contributed by atoms with Gasteiger partial charge < -0.3 is 11.1 Å². The number of nitrogens with two attached hydrogens (primary N) is 1. The molecule has 0 amide bonds.